The van der Waals surface area contributed by atoms with Gasteiger partial charge < -0.3 is 75.7 Å². The molecule has 3 aliphatic rings. The van der Waals surface area contributed by atoms with Crippen LogP contribution < -0.4 is 5.73 Å². The first kappa shape index (κ1) is 56.1. The van der Waals surface area contributed by atoms with Gasteiger partial charge in [-0.25, -0.2) is 0 Å². The summed E-state index contributed by atoms with van der Waals surface area (Å²) in [5.41, 5.74) is 6.05. The zero-order valence-corrected chi connectivity index (χ0v) is 38.1. The predicted molar refractivity (Wildman–Crippen MR) is 240 cm³/mol. The van der Waals surface area contributed by atoms with E-state index in [9.17, 15) is 60.7 Å². The van der Waals surface area contributed by atoms with Gasteiger partial charge >= 0.3 is 5.97 Å². The van der Waals surface area contributed by atoms with Crippen molar-refractivity contribution in [3.63, 3.8) is 0 Å². The topological polar surface area (TPSA) is 299 Å². The van der Waals surface area contributed by atoms with Crippen molar-refractivity contribution in [2.75, 3.05) is 0 Å². The van der Waals surface area contributed by atoms with E-state index < -0.39 is 147 Å². The summed E-state index contributed by atoms with van der Waals surface area (Å²) < 4.78 is 23.4. The van der Waals surface area contributed by atoms with Crippen LogP contribution in [0.3, 0.4) is 0 Å². The molecule has 2 fully saturated rings. The van der Waals surface area contributed by atoms with Crippen molar-refractivity contribution in [1.29, 1.82) is 0 Å². The van der Waals surface area contributed by atoms with Crippen LogP contribution in [0.2, 0.25) is 0 Å². The van der Waals surface area contributed by atoms with Gasteiger partial charge in [0.25, 0.3) is 0 Å². The van der Waals surface area contributed by atoms with Crippen LogP contribution in [0.15, 0.2) is 85.1 Å². The van der Waals surface area contributed by atoms with Crippen LogP contribution in [0, 0.1) is 17.8 Å². The molecule has 0 radical (unpaired) electrons. The molecule has 0 aromatic heterocycles. The van der Waals surface area contributed by atoms with E-state index in [2.05, 4.69) is 0 Å². The van der Waals surface area contributed by atoms with Crippen LogP contribution in [0.4, 0.5) is 0 Å². The Kier molecular flexibility index (Phi) is 23.8. The number of ether oxygens (including phenoxy) is 4. The first-order valence-corrected chi connectivity index (χ1v) is 22.6. The zero-order valence-electron chi connectivity index (χ0n) is 38.1. The van der Waals surface area contributed by atoms with Gasteiger partial charge in [0.2, 0.25) is 0 Å². The molecule has 3 aliphatic heterocycles. The van der Waals surface area contributed by atoms with Gasteiger partial charge in [0.15, 0.2) is 12.1 Å². The van der Waals surface area contributed by atoms with Crippen LogP contribution in [0.5, 0.6) is 0 Å². The van der Waals surface area contributed by atoms with Gasteiger partial charge in [-0.2, -0.15) is 0 Å². The molecule has 3 rings (SSSR count). The summed E-state index contributed by atoms with van der Waals surface area (Å²) in [6.07, 6.45) is 5.40. The average Bonchev–Trinajstić information content (AvgIpc) is 3.21. The van der Waals surface area contributed by atoms with E-state index in [1.54, 1.807) is 63.3 Å². The largest absolute Gasteiger partial charge is 0.462 e. The van der Waals surface area contributed by atoms with E-state index in [0.29, 0.717) is 0 Å². The lowest BCUT2D eigenvalue weighted by molar-refractivity contribution is -0.306. The lowest BCUT2D eigenvalue weighted by Gasteiger charge is -2.46. The van der Waals surface area contributed by atoms with Gasteiger partial charge in [-0.05, 0) is 40.0 Å². The summed E-state index contributed by atoms with van der Waals surface area (Å²) in [6.45, 7) is 8.06. The van der Waals surface area contributed by atoms with E-state index >= 15 is 0 Å². The summed E-state index contributed by atoms with van der Waals surface area (Å²) in [5, 5.41) is 108. The highest BCUT2D eigenvalue weighted by molar-refractivity contribution is 5.79. The molecule has 0 aliphatic carbocycles. The fourth-order valence-corrected chi connectivity index (χ4v) is 8.18. The number of ketones is 1. The van der Waals surface area contributed by atoms with Crippen molar-refractivity contribution in [2.24, 2.45) is 23.5 Å². The third-order valence-electron chi connectivity index (χ3n) is 12.2. The molecule has 0 aromatic carbocycles. The number of carbonyl (C=O) groups excluding carboxylic acids is 2. The smallest absolute Gasteiger partial charge is 0.308 e. The second-order valence-electron chi connectivity index (χ2n) is 17.8. The van der Waals surface area contributed by atoms with Gasteiger partial charge in [-0.1, -0.05) is 98.9 Å². The second kappa shape index (κ2) is 27.5. The molecule has 19 atom stereocenters. The third-order valence-corrected chi connectivity index (χ3v) is 12.2. The number of cyclic esters (lactones) is 1. The van der Waals surface area contributed by atoms with Gasteiger partial charge in [-0.15, -0.1) is 0 Å². The van der Waals surface area contributed by atoms with Gasteiger partial charge in [0.1, 0.15) is 18.0 Å². The number of fused-ring (bicyclic) bond motifs is 2. The van der Waals surface area contributed by atoms with Crippen LogP contribution >= 0.6 is 0 Å². The minimum atomic E-state index is -2.21. The molecular formula is C48H75NO16. The van der Waals surface area contributed by atoms with Gasteiger partial charge in [0, 0.05) is 37.5 Å². The number of esters is 1. The third kappa shape index (κ3) is 18.8. The predicted octanol–water partition coefficient (Wildman–Crippen LogP) is 1.22. The normalized spacial score (nSPS) is 42.1. The van der Waals surface area contributed by atoms with Crippen molar-refractivity contribution < 1.29 is 79.6 Å². The number of allylic oxidation sites excluding steroid dienone is 12. The monoisotopic (exact) mass is 922 g/mol. The molecule has 65 heavy (non-hydrogen) atoms. The minimum absolute atomic E-state index is 0.0835. The summed E-state index contributed by atoms with van der Waals surface area (Å²) in [5.74, 6) is -5.24. The average molecular weight is 922 g/mol. The summed E-state index contributed by atoms with van der Waals surface area (Å²) in [7, 11) is 0. The Morgan fingerprint density at radius 2 is 1.23 bits per heavy atom. The molecule has 17 nitrogen and oxygen atoms in total. The maximum absolute atomic E-state index is 12.9. The minimum Gasteiger partial charge on any atom is -0.462 e. The number of Topliss-reactive ketones (excluding diaryl/α,β-unsaturated/α-hetero) is 1. The molecular weight excluding hydrogens is 847 g/mol. The highest BCUT2D eigenvalue weighted by Crippen LogP contribution is 2.38. The lowest BCUT2D eigenvalue weighted by Crippen LogP contribution is -2.61. The Balaban J connectivity index is 1.86. The standard InChI is InChI=1S/C48H75NO16/c1-28-18-16-14-12-10-8-6-7-9-11-13-15-17-19-36(64-47-46(60)43(49)45(59)32(5)63-47)25-40-42(30(3)50)39(56)27-48(61,65-40)26-35(53)23-38(55)37(54)21-20-33(51)22-34(52)24-41(57)62-31(4)29(2)44(28)58/h6-19,28-29,31-40,42-47,51-56,58-61H,20-27,49H2,1-5H3. The molecule has 0 saturated carbocycles. The molecule has 0 amide bonds. The Bertz CT molecular complexity index is 1660. The fraction of sp³-hybridized carbons (Fsp3) is 0.667. The van der Waals surface area contributed by atoms with Gasteiger partial charge in [0.05, 0.1) is 85.5 Å². The van der Waals surface area contributed by atoms with Crippen molar-refractivity contribution in [1.82, 2.24) is 0 Å². The molecule has 2 bridgehead atoms. The SMILES string of the molecule is CC(=O)C1C(O)CC2(O)CC(O)CC(O)C(O)CCC(O)CC(O)CC(=O)OC(C)C(C)C(O)C(C)C=CC=CC=CC=CC=CC=CC=CC(OC3OC(C)C(O)C(N)C3O)CC1O2. The molecule has 3 heterocycles. The number of aliphatic hydroxyl groups is 10. The van der Waals surface area contributed by atoms with Gasteiger partial charge in [-0.3, -0.25) is 9.59 Å². The molecule has 368 valence electrons. The van der Waals surface area contributed by atoms with Crippen LogP contribution in [-0.2, 0) is 28.5 Å². The quantitative estimate of drug-likeness (QED) is 0.177. The number of nitrogens with two attached hydrogens (primary N) is 1. The second-order valence-corrected chi connectivity index (χ2v) is 17.8. The van der Waals surface area contributed by atoms with E-state index in [-0.39, 0.29) is 31.6 Å². The number of rotatable bonds is 3. The Morgan fingerprint density at radius 3 is 1.82 bits per heavy atom. The number of carbonyl (C=O) groups is 2. The zero-order chi connectivity index (χ0) is 48.4. The Morgan fingerprint density at radius 1 is 0.662 bits per heavy atom. The van der Waals surface area contributed by atoms with E-state index in [4.69, 9.17) is 24.7 Å². The van der Waals surface area contributed by atoms with E-state index in [0.717, 1.165) is 0 Å². The first-order valence-electron chi connectivity index (χ1n) is 22.6. The Hall–Kier alpha value is -3.24. The molecule has 17 heteroatoms. The summed E-state index contributed by atoms with van der Waals surface area (Å²) in [6, 6.07) is -1.11. The van der Waals surface area contributed by atoms with E-state index in [1.165, 1.54) is 6.92 Å². The highest BCUT2D eigenvalue weighted by atomic mass is 16.7. The maximum Gasteiger partial charge on any atom is 0.308 e. The fourth-order valence-electron chi connectivity index (χ4n) is 8.18. The number of aliphatic hydroxyl groups excluding tert-OH is 9. The lowest BCUT2D eigenvalue weighted by atomic mass is 9.81. The molecule has 0 aromatic rings. The molecule has 19 unspecified atom stereocenters. The highest BCUT2D eigenvalue weighted by Gasteiger charge is 2.50. The first-order chi connectivity index (χ1) is 30.6. The Labute approximate surface area is 382 Å². The van der Waals surface area contributed by atoms with Crippen LogP contribution in [0.25, 0.3) is 0 Å². The van der Waals surface area contributed by atoms with Crippen molar-refractivity contribution in [3.05, 3.63) is 85.1 Å². The summed E-state index contributed by atoms with van der Waals surface area (Å²) >= 11 is 0. The summed E-state index contributed by atoms with van der Waals surface area (Å²) in [4.78, 5) is 25.5. The number of hydrogen-bond donors (Lipinski definition) is 11. The van der Waals surface area contributed by atoms with E-state index in [1.807, 2.05) is 49.5 Å². The number of hydrogen-bond acceptors (Lipinski definition) is 17. The van der Waals surface area contributed by atoms with Crippen LogP contribution in [-0.4, -0.2) is 160 Å². The molecule has 2 saturated heterocycles. The molecule has 12 N–H and O–H groups in total. The van der Waals surface area contributed by atoms with Crippen molar-refractivity contribution in [2.45, 2.75) is 183 Å². The van der Waals surface area contributed by atoms with Crippen molar-refractivity contribution >= 4 is 11.8 Å². The maximum atomic E-state index is 12.9. The molecule has 0 spiro atoms. The van der Waals surface area contributed by atoms with Crippen LogP contribution in [0.1, 0.15) is 86.0 Å². The van der Waals surface area contributed by atoms with Crippen molar-refractivity contribution in [3.8, 4) is 0 Å².